The highest BCUT2D eigenvalue weighted by molar-refractivity contribution is 7.89. The fourth-order valence-electron chi connectivity index (χ4n) is 4.23. The number of hydrogen-bond acceptors (Lipinski definition) is 5. The summed E-state index contributed by atoms with van der Waals surface area (Å²) in [5.41, 5.74) is 1.02. The summed E-state index contributed by atoms with van der Waals surface area (Å²) in [6.45, 7) is 4.20. The SMILES string of the molecule is O=C(C1CCN(S(=O)(=O)c2ccc(F)c(Cl)c2)CC1)N1CCN(Cc2ccccn2)CC1. The van der Waals surface area contributed by atoms with Crippen molar-refractivity contribution in [1.29, 1.82) is 0 Å². The second-order valence-corrected chi connectivity index (χ2v) is 10.5. The summed E-state index contributed by atoms with van der Waals surface area (Å²) in [6, 6.07) is 9.27. The van der Waals surface area contributed by atoms with Gasteiger partial charge in [0.1, 0.15) is 5.82 Å². The van der Waals surface area contributed by atoms with Crippen LogP contribution in [0.5, 0.6) is 0 Å². The summed E-state index contributed by atoms with van der Waals surface area (Å²) in [5, 5.41) is -0.224. The first-order valence-electron chi connectivity index (χ1n) is 10.7. The highest BCUT2D eigenvalue weighted by Gasteiger charge is 2.34. The molecule has 2 aromatic rings. The minimum absolute atomic E-state index is 0.0299. The van der Waals surface area contributed by atoms with Crippen LogP contribution in [0.2, 0.25) is 5.02 Å². The van der Waals surface area contributed by atoms with Crippen LogP contribution >= 0.6 is 11.6 Å². The highest BCUT2D eigenvalue weighted by Crippen LogP contribution is 2.27. The van der Waals surface area contributed by atoms with E-state index in [0.29, 0.717) is 25.9 Å². The Labute approximate surface area is 192 Å². The Kier molecular flexibility index (Phi) is 7.09. The second kappa shape index (κ2) is 9.82. The van der Waals surface area contributed by atoms with E-state index in [2.05, 4.69) is 9.88 Å². The zero-order chi connectivity index (χ0) is 22.7. The maximum Gasteiger partial charge on any atom is 0.243 e. The monoisotopic (exact) mass is 480 g/mol. The van der Waals surface area contributed by atoms with Crippen LogP contribution in [0.3, 0.4) is 0 Å². The van der Waals surface area contributed by atoms with Gasteiger partial charge in [0.05, 0.1) is 15.6 Å². The van der Waals surface area contributed by atoms with Crippen LogP contribution in [-0.4, -0.2) is 72.7 Å². The van der Waals surface area contributed by atoms with Gasteiger partial charge < -0.3 is 4.90 Å². The maximum atomic E-state index is 13.4. The van der Waals surface area contributed by atoms with Crippen molar-refractivity contribution >= 4 is 27.5 Å². The van der Waals surface area contributed by atoms with Crippen LogP contribution in [0.1, 0.15) is 18.5 Å². The summed E-state index contributed by atoms with van der Waals surface area (Å²) in [6.07, 6.45) is 2.73. The lowest BCUT2D eigenvalue weighted by atomic mass is 9.96. The highest BCUT2D eigenvalue weighted by atomic mass is 35.5. The zero-order valence-corrected chi connectivity index (χ0v) is 19.2. The molecule has 0 atom stereocenters. The van der Waals surface area contributed by atoms with Crippen molar-refractivity contribution in [2.75, 3.05) is 39.3 Å². The molecule has 4 rings (SSSR count). The Morgan fingerprint density at radius 2 is 1.78 bits per heavy atom. The summed E-state index contributed by atoms with van der Waals surface area (Å²) in [7, 11) is -3.77. The standard InChI is InChI=1S/C22H26ClFN4O3S/c23-20-15-19(4-5-21(20)24)32(30,31)28-9-6-17(7-10-28)22(29)27-13-11-26(12-14-27)16-18-3-1-2-8-25-18/h1-5,8,15,17H,6-7,9-14,16H2. The lowest BCUT2D eigenvalue weighted by Crippen LogP contribution is -2.51. The molecule has 10 heteroatoms. The predicted molar refractivity (Wildman–Crippen MR) is 119 cm³/mol. The van der Waals surface area contributed by atoms with Gasteiger partial charge in [0.2, 0.25) is 15.9 Å². The van der Waals surface area contributed by atoms with E-state index in [9.17, 15) is 17.6 Å². The number of benzene rings is 1. The van der Waals surface area contributed by atoms with Crippen molar-refractivity contribution in [2.24, 2.45) is 5.92 Å². The molecule has 0 spiro atoms. The number of amides is 1. The van der Waals surface area contributed by atoms with Gasteiger partial charge in [-0.15, -0.1) is 0 Å². The molecule has 1 aromatic carbocycles. The van der Waals surface area contributed by atoms with Gasteiger partial charge in [0, 0.05) is 57.9 Å². The number of carbonyl (C=O) groups is 1. The van der Waals surface area contributed by atoms with Gasteiger partial charge in [-0.2, -0.15) is 4.31 Å². The number of aromatic nitrogens is 1. The van der Waals surface area contributed by atoms with E-state index in [-0.39, 0.29) is 34.8 Å². The van der Waals surface area contributed by atoms with Gasteiger partial charge in [0.15, 0.2) is 0 Å². The van der Waals surface area contributed by atoms with E-state index < -0.39 is 15.8 Å². The van der Waals surface area contributed by atoms with Crippen molar-refractivity contribution in [2.45, 2.75) is 24.3 Å². The molecule has 2 aliphatic heterocycles. The van der Waals surface area contributed by atoms with E-state index in [4.69, 9.17) is 11.6 Å². The average molecular weight is 481 g/mol. The van der Waals surface area contributed by atoms with Crippen LogP contribution in [0.15, 0.2) is 47.5 Å². The number of piperidine rings is 1. The Hall–Kier alpha value is -2.07. The fraction of sp³-hybridized carbons (Fsp3) is 0.455. The Morgan fingerprint density at radius 3 is 2.41 bits per heavy atom. The van der Waals surface area contributed by atoms with Crippen molar-refractivity contribution < 1.29 is 17.6 Å². The van der Waals surface area contributed by atoms with Crippen molar-refractivity contribution in [3.63, 3.8) is 0 Å². The Morgan fingerprint density at radius 1 is 1.06 bits per heavy atom. The maximum absolute atomic E-state index is 13.4. The van der Waals surface area contributed by atoms with Gasteiger partial charge in [-0.1, -0.05) is 17.7 Å². The van der Waals surface area contributed by atoms with E-state index in [1.165, 1.54) is 10.4 Å². The molecule has 172 valence electrons. The molecule has 32 heavy (non-hydrogen) atoms. The summed E-state index contributed by atoms with van der Waals surface area (Å²) < 4.78 is 40.5. The predicted octanol–water partition coefficient (Wildman–Crippen LogP) is 2.62. The van der Waals surface area contributed by atoms with Gasteiger partial charge in [-0.3, -0.25) is 14.7 Å². The first kappa shape index (κ1) is 23.1. The quantitative estimate of drug-likeness (QED) is 0.657. The Bertz CT molecular complexity index is 1050. The second-order valence-electron chi connectivity index (χ2n) is 8.18. The zero-order valence-electron chi connectivity index (χ0n) is 17.7. The molecular weight excluding hydrogens is 455 g/mol. The van der Waals surface area contributed by atoms with Gasteiger partial charge in [-0.25, -0.2) is 12.8 Å². The van der Waals surface area contributed by atoms with Crippen molar-refractivity contribution in [1.82, 2.24) is 19.1 Å². The fourth-order valence-corrected chi connectivity index (χ4v) is 5.98. The van der Waals surface area contributed by atoms with Crippen molar-refractivity contribution in [3.05, 3.63) is 59.1 Å². The molecule has 1 amide bonds. The topological polar surface area (TPSA) is 73.8 Å². The number of sulfonamides is 1. The van der Waals surface area contributed by atoms with E-state index >= 15 is 0 Å². The van der Waals surface area contributed by atoms with E-state index in [1.54, 1.807) is 6.20 Å². The van der Waals surface area contributed by atoms with Crippen LogP contribution in [-0.2, 0) is 21.4 Å². The molecule has 0 bridgehead atoms. The third-order valence-corrected chi connectivity index (χ3v) is 8.31. The third-order valence-electron chi connectivity index (χ3n) is 6.13. The lowest BCUT2D eigenvalue weighted by Gasteiger charge is -2.38. The average Bonchev–Trinajstić information content (AvgIpc) is 2.81. The van der Waals surface area contributed by atoms with Gasteiger partial charge in [-0.05, 0) is 43.2 Å². The molecule has 0 aliphatic carbocycles. The van der Waals surface area contributed by atoms with E-state index in [0.717, 1.165) is 37.5 Å². The molecule has 1 aromatic heterocycles. The van der Waals surface area contributed by atoms with Crippen LogP contribution in [0.25, 0.3) is 0 Å². The molecule has 7 nitrogen and oxygen atoms in total. The summed E-state index contributed by atoms with van der Waals surface area (Å²) in [4.78, 5) is 21.5. The number of rotatable bonds is 5. The van der Waals surface area contributed by atoms with Crippen LogP contribution in [0, 0.1) is 11.7 Å². The molecule has 3 heterocycles. The number of nitrogens with zero attached hydrogens (tertiary/aromatic N) is 4. The molecule has 2 aliphatic rings. The molecule has 2 saturated heterocycles. The number of piperazine rings is 1. The minimum atomic E-state index is -3.77. The summed E-state index contributed by atoms with van der Waals surface area (Å²) in [5.74, 6) is -0.736. The molecule has 0 unspecified atom stereocenters. The Balaban J connectivity index is 1.29. The van der Waals surface area contributed by atoms with Crippen LogP contribution < -0.4 is 0 Å². The third kappa shape index (κ3) is 5.11. The van der Waals surface area contributed by atoms with Crippen molar-refractivity contribution in [3.8, 4) is 0 Å². The number of hydrogen-bond donors (Lipinski definition) is 0. The largest absolute Gasteiger partial charge is 0.340 e. The number of carbonyl (C=O) groups excluding carboxylic acids is 1. The molecule has 0 saturated carbocycles. The summed E-state index contributed by atoms with van der Waals surface area (Å²) >= 11 is 5.75. The smallest absolute Gasteiger partial charge is 0.243 e. The minimum Gasteiger partial charge on any atom is -0.340 e. The number of pyridine rings is 1. The van der Waals surface area contributed by atoms with Gasteiger partial charge in [0.25, 0.3) is 0 Å². The van der Waals surface area contributed by atoms with Gasteiger partial charge >= 0.3 is 0 Å². The first-order chi connectivity index (χ1) is 15.3. The normalized spacial score (nSPS) is 19.2. The van der Waals surface area contributed by atoms with Crippen LogP contribution in [0.4, 0.5) is 4.39 Å². The molecule has 2 fully saturated rings. The molecular formula is C22H26ClFN4O3S. The molecule has 0 N–H and O–H groups in total. The first-order valence-corrected chi connectivity index (χ1v) is 12.5. The lowest BCUT2D eigenvalue weighted by molar-refractivity contribution is -0.138. The van der Waals surface area contributed by atoms with E-state index in [1.807, 2.05) is 23.1 Å². The number of halogens is 2. The molecule has 0 radical (unpaired) electrons.